The van der Waals surface area contributed by atoms with E-state index in [1.165, 1.54) is 6.92 Å². The summed E-state index contributed by atoms with van der Waals surface area (Å²) in [6.45, 7) is 1.48. The van der Waals surface area contributed by atoms with Crippen molar-refractivity contribution in [3.05, 3.63) is 40.6 Å². The summed E-state index contributed by atoms with van der Waals surface area (Å²) in [6.07, 6.45) is 0. The van der Waals surface area contributed by atoms with Gasteiger partial charge in [-0.15, -0.1) is 0 Å². The molecule has 0 radical (unpaired) electrons. The molecule has 0 saturated heterocycles. The molecule has 3 nitrogen and oxygen atoms in total. The van der Waals surface area contributed by atoms with Crippen molar-refractivity contribution >= 4 is 21.7 Å². The highest BCUT2D eigenvalue weighted by atomic mass is 79.9. The van der Waals surface area contributed by atoms with Gasteiger partial charge in [0.25, 0.3) is 0 Å². The predicted molar refractivity (Wildman–Crippen MR) is 68.4 cm³/mol. The molecule has 0 aliphatic rings. The average Bonchev–Trinajstić information content (AvgIpc) is 2.79. The van der Waals surface area contributed by atoms with Gasteiger partial charge in [0, 0.05) is 17.0 Å². The molecular weight excluding hydrogens is 284 g/mol. The van der Waals surface area contributed by atoms with Gasteiger partial charge in [0.1, 0.15) is 11.5 Å². The second-order valence-corrected chi connectivity index (χ2v) is 4.42. The van der Waals surface area contributed by atoms with Crippen LogP contribution in [0.2, 0.25) is 0 Å². The Morgan fingerprint density at radius 2 is 2.06 bits per heavy atom. The number of hydrogen-bond donors (Lipinski definition) is 0. The summed E-state index contributed by atoms with van der Waals surface area (Å²) in [5.74, 6) is 1.65. The Morgan fingerprint density at radius 3 is 2.65 bits per heavy atom. The van der Waals surface area contributed by atoms with Crippen molar-refractivity contribution in [2.24, 2.45) is 0 Å². The smallest absolute Gasteiger partial charge is 0.194 e. The van der Waals surface area contributed by atoms with E-state index < -0.39 is 0 Å². The lowest BCUT2D eigenvalue weighted by Gasteiger charge is -2.04. The molecule has 0 aliphatic carbocycles. The van der Waals surface area contributed by atoms with Gasteiger partial charge in [-0.2, -0.15) is 0 Å². The molecule has 0 amide bonds. The minimum atomic E-state index is -0.0877. The van der Waals surface area contributed by atoms with Crippen LogP contribution in [0.15, 0.2) is 39.2 Å². The Balaban J connectivity index is 2.47. The zero-order chi connectivity index (χ0) is 12.4. The van der Waals surface area contributed by atoms with Crippen molar-refractivity contribution in [2.45, 2.75) is 6.92 Å². The lowest BCUT2D eigenvalue weighted by atomic mass is 10.1. The molecular formula is C13H11BrO3. The van der Waals surface area contributed by atoms with E-state index in [2.05, 4.69) is 15.9 Å². The Bertz CT molecular complexity index is 558. The fraction of sp³-hybridized carbons (Fsp3) is 0.154. The van der Waals surface area contributed by atoms with Crippen LogP contribution >= 0.6 is 15.9 Å². The molecule has 0 bridgehead atoms. The normalized spacial score (nSPS) is 10.3. The van der Waals surface area contributed by atoms with Crippen LogP contribution in [0.5, 0.6) is 5.75 Å². The first-order valence-corrected chi connectivity index (χ1v) is 5.86. The first-order valence-electron chi connectivity index (χ1n) is 5.06. The van der Waals surface area contributed by atoms with Crippen LogP contribution in [0.3, 0.4) is 0 Å². The molecule has 2 rings (SSSR count). The SMILES string of the molecule is COc1ccc(Br)c(-c2ccc(C(C)=O)o2)c1. The molecule has 1 heterocycles. The number of ketones is 1. The third-order valence-electron chi connectivity index (χ3n) is 2.39. The van der Waals surface area contributed by atoms with E-state index in [1.54, 1.807) is 19.2 Å². The molecule has 17 heavy (non-hydrogen) atoms. The van der Waals surface area contributed by atoms with Crippen molar-refractivity contribution in [3.8, 4) is 17.1 Å². The van der Waals surface area contributed by atoms with Crippen molar-refractivity contribution in [2.75, 3.05) is 7.11 Å². The maximum absolute atomic E-state index is 11.2. The molecule has 88 valence electrons. The number of rotatable bonds is 3. The maximum Gasteiger partial charge on any atom is 0.194 e. The highest BCUT2D eigenvalue weighted by Crippen LogP contribution is 2.32. The molecule has 1 aromatic carbocycles. The molecule has 2 aromatic rings. The van der Waals surface area contributed by atoms with Gasteiger partial charge in [-0.05, 0) is 30.3 Å². The van der Waals surface area contributed by atoms with Gasteiger partial charge in [-0.25, -0.2) is 0 Å². The van der Waals surface area contributed by atoms with E-state index >= 15 is 0 Å². The molecule has 1 aromatic heterocycles. The van der Waals surface area contributed by atoms with Crippen LogP contribution in [0.1, 0.15) is 17.5 Å². The Kier molecular flexibility index (Phi) is 3.33. The third-order valence-corrected chi connectivity index (χ3v) is 3.08. The zero-order valence-electron chi connectivity index (χ0n) is 9.49. The highest BCUT2D eigenvalue weighted by molar-refractivity contribution is 9.10. The fourth-order valence-electron chi connectivity index (χ4n) is 1.49. The number of ether oxygens (including phenoxy) is 1. The number of benzene rings is 1. The predicted octanol–water partition coefficient (Wildman–Crippen LogP) is 3.92. The molecule has 0 atom stereocenters. The summed E-state index contributed by atoms with van der Waals surface area (Å²) in [4.78, 5) is 11.2. The maximum atomic E-state index is 11.2. The van der Waals surface area contributed by atoms with E-state index in [1.807, 2.05) is 18.2 Å². The molecule has 0 unspecified atom stereocenters. The van der Waals surface area contributed by atoms with Gasteiger partial charge in [0.05, 0.1) is 7.11 Å². The summed E-state index contributed by atoms with van der Waals surface area (Å²) in [6, 6.07) is 9.03. The highest BCUT2D eigenvalue weighted by Gasteiger charge is 2.11. The number of halogens is 1. The molecule has 0 N–H and O–H groups in total. The minimum absolute atomic E-state index is 0.0877. The van der Waals surface area contributed by atoms with Crippen LogP contribution in [-0.4, -0.2) is 12.9 Å². The van der Waals surface area contributed by atoms with E-state index in [9.17, 15) is 4.79 Å². The number of hydrogen-bond acceptors (Lipinski definition) is 3. The summed E-state index contributed by atoms with van der Waals surface area (Å²) in [7, 11) is 1.61. The van der Waals surface area contributed by atoms with Crippen molar-refractivity contribution < 1.29 is 13.9 Å². The first-order chi connectivity index (χ1) is 8.11. The number of carbonyl (C=O) groups is 1. The second-order valence-electron chi connectivity index (χ2n) is 3.57. The molecule has 0 fully saturated rings. The monoisotopic (exact) mass is 294 g/mol. The van der Waals surface area contributed by atoms with E-state index in [0.717, 1.165) is 15.8 Å². The zero-order valence-corrected chi connectivity index (χ0v) is 11.1. The topological polar surface area (TPSA) is 39.4 Å². The average molecular weight is 295 g/mol. The van der Waals surface area contributed by atoms with E-state index in [0.29, 0.717) is 11.5 Å². The second kappa shape index (κ2) is 4.75. The largest absolute Gasteiger partial charge is 0.497 e. The number of furan rings is 1. The van der Waals surface area contributed by atoms with Gasteiger partial charge >= 0.3 is 0 Å². The van der Waals surface area contributed by atoms with Gasteiger partial charge in [-0.3, -0.25) is 4.79 Å². The van der Waals surface area contributed by atoms with Crippen molar-refractivity contribution in [1.82, 2.24) is 0 Å². The van der Waals surface area contributed by atoms with E-state index in [4.69, 9.17) is 9.15 Å². The molecule has 0 spiro atoms. The number of carbonyl (C=O) groups excluding carboxylic acids is 1. The summed E-state index contributed by atoms with van der Waals surface area (Å²) >= 11 is 3.44. The van der Waals surface area contributed by atoms with Crippen molar-refractivity contribution in [1.29, 1.82) is 0 Å². The Hall–Kier alpha value is -1.55. The first kappa shape index (κ1) is 11.9. The summed E-state index contributed by atoms with van der Waals surface area (Å²) in [5.41, 5.74) is 0.858. The quantitative estimate of drug-likeness (QED) is 0.806. The van der Waals surface area contributed by atoms with Crippen LogP contribution < -0.4 is 4.74 Å². The Morgan fingerprint density at radius 1 is 1.29 bits per heavy atom. The van der Waals surface area contributed by atoms with Crippen LogP contribution in [0.25, 0.3) is 11.3 Å². The standard InChI is InChI=1S/C13H11BrO3/c1-8(15)12-5-6-13(17-12)10-7-9(16-2)3-4-11(10)14/h3-7H,1-2H3. The van der Waals surface area contributed by atoms with Crippen LogP contribution in [0, 0.1) is 0 Å². The minimum Gasteiger partial charge on any atom is -0.497 e. The van der Waals surface area contributed by atoms with Gasteiger partial charge in [0.2, 0.25) is 0 Å². The summed E-state index contributed by atoms with van der Waals surface area (Å²) < 4.78 is 11.5. The van der Waals surface area contributed by atoms with Crippen LogP contribution in [0.4, 0.5) is 0 Å². The third kappa shape index (κ3) is 2.42. The lowest BCUT2D eigenvalue weighted by Crippen LogP contribution is -1.87. The Labute approximate surface area is 108 Å². The number of Topliss-reactive ketones (excluding diaryl/α,β-unsaturated/α-hetero) is 1. The lowest BCUT2D eigenvalue weighted by molar-refractivity contribution is 0.0988. The summed E-state index contributed by atoms with van der Waals surface area (Å²) in [5, 5.41) is 0. The van der Waals surface area contributed by atoms with Gasteiger partial charge < -0.3 is 9.15 Å². The van der Waals surface area contributed by atoms with Crippen LogP contribution in [-0.2, 0) is 0 Å². The van der Waals surface area contributed by atoms with Gasteiger partial charge in [0.15, 0.2) is 11.5 Å². The van der Waals surface area contributed by atoms with Crippen molar-refractivity contribution in [3.63, 3.8) is 0 Å². The molecule has 0 saturated carbocycles. The van der Waals surface area contributed by atoms with Gasteiger partial charge in [-0.1, -0.05) is 15.9 Å². The molecule has 0 aliphatic heterocycles. The fourth-order valence-corrected chi connectivity index (χ4v) is 1.93. The molecule has 4 heteroatoms. The number of methoxy groups -OCH3 is 1. The van der Waals surface area contributed by atoms with E-state index in [-0.39, 0.29) is 5.78 Å².